The standard InChI is InChI=1S/C23H26N2O4/c1-15(24-22(27)19-13-17-9-5-6-10-18(17)14-19)21(26)25-20(23(28)29)12-11-16-7-3-2-4-8-16/h2-10,15,19-20H,11-14H2,1H3,(H,24,27)(H,25,26)(H,28,29). The molecule has 2 amide bonds. The lowest BCUT2D eigenvalue weighted by atomic mass is 10.0. The molecule has 2 unspecified atom stereocenters. The van der Waals surface area contributed by atoms with Gasteiger partial charge < -0.3 is 15.7 Å². The van der Waals surface area contributed by atoms with Gasteiger partial charge in [0.15, 0.2) is 0 Å². The summed E-state index contributed by atoms with van der Waals surface area (Å²) < 4.78 is 0. The zero-order valence-corrected chi connectivity index (χ0v) is 16.4. The van der Waals surface area contributed by atoms with Crippen molar-refractivity contribution in [1.29, 1.82) is 0 Å². The Bertz CT molecular complexity index is 856. The van der Waals surface area contributed by atoms with Crippen molar-refractivity contribution in [3.05, 3.63) is 71.3 Å². The Morgan fingerprint density at radius 1 is 0.966 bits per heavy atom. The van der Waals surface area contributed by atoms with Crippen LogP contribution in [-0.4, -0.2) is 35.0 Å². The molecule has 0 bridgehead atoms. The molecule has 0 heterocycles. The molecule has 0 saturated carbocycles. The van der Waals surface area contributed by atoms with E-state index >= 15 is 0 Å². The van der Waals surface area contributed by atoms with Crippen molar-refractivity contribution in [3.8, 4) is 0 Å². The lowest BCUT2D eigenvalue weighted by Gasteiger charge is -2.20. The molecule has 0 fully saturated rings. The van der Waals surface area contributed by atoms with Crippen LogP contribution < -0.4 is 10.6 Å². The van der Waals surface area contributed by atoms with Crippen molar-refractivity contribution < 1.29 is 19.5 Å². The minimum absolute atomic E-state index is 0.181. The van der Waals surface area contributed by atoms with Crippen molar-refractivity contribution in [2.45, 2.75) is 44.7 Å². The van der Waals surface area contributed by atoms with Crippen molar-refractivity contribution >= 4 is 17.8 Å². The molecule has 2 aromatic carbocycles. The van der Waals surface area contributed by atoms with Crippen LogP contribution in [0.3, 0.4) is 0 Å². The number of nitrogens with one attached hydrogen (secondary N) is 2. The third-order valence-electron chi connectivity index (χ3n) is 5.35. The van der Waals surface area contributed by atoms with Crippen LogP contribution >= 0.6 is 0 Å². The van der Waals surface area contributed by atoms with Gasteiger partial charge >= 0.3 is 5.97 Å². The van der Waals surface area contributed by atoms with Gasteiger partial charge in [0.25, 0.3) is 0 Å². The number of amides is 2. The fourth-order valence-electron chi connectivity index (χ4n) is 3.65. The molecule has 0 aromatic heterocycles. The monoisotopic (exact) mass is 394 g/mol. The fraction of sp³-hybridized carbons (Fsp3) is 0.348. The predicted octanol–water partition coefficient (Wildman–Crippen LogP) is 2.11. The number of carboxylic acids is 1. The maximum Gasteiger partial charge on any atom is 0.326 e. The summed E-state index contributed by atoms with van der Waals surface area (Å²) in [6.45, 7) is 1.57. The number of hydrogen-bond donors (Lipinski definition) is 3. The fourth-order valence-corrected chi connectivity index (χ4v) is 3.65. The Labute approximate surface area is 170 Å². The number of carboxylic acid groups (broad SMARTS) is 1. The number of carbonyl (C=O) groups is 3. The van der Waals surface area contributed by atoms with Crippen LogP contribution in [0.15, 0.2) is 54.6 Å². The molecule has 6 nitrogen and oxygen atoms in total. The second-order valence-electron chi connectivity index (χ2n) is 7.53. The van der Waals surface area contributed by atoms with E-state index in [-0.39, 0.29) is 18.2 Å². The second-order valence-corrected chi connectivity index (χ2v) is 7.53. The van der Waals surface area contributed by atoms with Gasteiger partial charge in [0, 0.05) is 5.92 Å². The maximum absolute atomic E-state index is 12.6. The first-order valence-electron chi connectivity index (χ1n) is 9.88. The van der Waals surface area contributed by atoms with Gasteiger partial charge in [0.05, 0.1) is 0 Å². The average Bonchev–Trinajstić information content (AvgIpc) is 3.16. The molecule has 29 heavy (non-hydrogen) atoms. The molecule has 1 aliphatic carbocycles. The molecular formula is C23H26N2O4. The van der Waals surface area contributed by atoms with Crippen LogP contribution in [0.1, 0.15) is 30.0 Å². The third kappa shape index (κ3) is 5.44. The van der Waals surface area contributed by atoms with E-state index in [0.29, 0.717) is 19.3 Å². The molecule has 0 radical (unpaired) electrons. The van der Waals surface area contributed by atoms with Crippen molar-refractivity contribution in [2.75, 3.05) is 0 Å². The van der Waals surface area contributed by atoms with Crippen molar-refractivity contribution in [1.82, 2.24) is 10.6 Å². The van der Waals surface area contributed by atoms with Gasteiger partial charge in [0.1, 0.15) is 12.1 Å². The summed E-state index contributed by atoms with van der Waals surface area (Å²) >= 11 is 0. The van der Waals surface area contributed by atoms with E-state index in [4.69, 9.17) is 0 Å². The molecule has 0 aliphatic heterocycles. The zero-order valence-electron chi connectivity index (χ0n) is 16.4. The number of fused-ring (bicyclic) bond motifs is 1. The molecule has 0 spiro atoms. The quantitative estimate of drug-likeness (QED) is 0.639. The molecule has 0 saturated heterocycles. The minimum Gasteiger partial charge on any atom is -0.480 e. The van der Waals surface area contributed by atoms with Gasteiger partial charge in [-0.15, -0.1) is 0 Å². The van der Waals surface area contributed by atoms with E-state index in [1.54, 1.807) is 6.92 Å². The molecular weight excluding hydrogens is 368 g/mol. The summed E-state index contributed by atoms with van der Waals surface area (Å²) in [7, 11) is 0. The molecule has 1 aliphatic rings. The van der Waals surface area contributed by atoms with Crippen molar-refractivity contribution in [2.24, 2.45) is 5.92 Å². The lowest BCUT2D eigenvalue weighted by molar-refractivity contribution is -0.142. The zero-order chi connectivity index (χ0) is 20.8. The summed E-state index contributed by atoms with van der Waals surface area (Å²) in [5.74, 6) is -1.95. The Hall–Kier alpha value is -3.15. The summed E-state index contributed by atoms with van der Waals surface area (Å²) in [5.41, 5.74) is 3.34. The van der Waals surface area contributed by atoms with E-state index in [1.165, 1.54) is 0 Å². The normalized spacial score (nSPS) is 15.2. The van der Waals surface area contributed by atoms with Crippen LogP contribution in [-0.2, 0) is 33.6 Å². The van der Waals surface area contributed by atoms with E-state index < -0.39 is 24.0 Å². The van der Waals surface area contributed by atoms with E-state index in [0.717, 1.165) is 16.7 Å². The predicted molar refractivity (Wildman–Crippen MR) is 109 cm³/mol. The minimum atomic E-state index is -1.08. The lowest BCUT2D eigenvalue weighted by Crippen LogP contribution is -2.51. The summed E-state index contributed by atoms with van der Waals surface area (Å²) in [6, 6.07) is 15.7. The van der Waals surface area contributed by atoms with Crippen LogP contribution in [0.4, 0.5) is 0 Å². The van der Waals surface area contributed by atoms with E-state index in [2.05, 4.69) is 10.6 Å². The van der Waals surface area contributed by atoms with E-state index in [1.807, 2.05) is 54.6 Å². The first kappa shape index (κ1) is 20.6. The van der Waals surface area contributed by atoms with Gasteiger partial charge in [-0.3, -0.25) is 9.59 Å². The summed E-state index contributed by atoms with van der Waals surface area (Å²) in [4.78, 5) is 36.5. The molecule has 3 N–H and O–H groups in total. The number of carbonyl (C=O) groups excluding carboxylic acids is 2. The summed E-state index contributed by atoms with van der Waals surface area (Å²) in [5, 5.41) is 14.7. The van der Waals surface area contributed by atoms with Crippen LogP contribution in [0.2, 0.25) is 0 Å². The Balaban J connectivity index is 1.50. The molecule has 2 atom stereocenters. The van der Waals surface area contributed by atoms with E-state index in [9.17, 15) is 19.5 Å². The number of hydrogen-bond acceptors (Lipinski definition) is 3. The molecule has 6 heteroatoms. The van der Waals surface area contributed by atoms with Crippen molar-refractivity contribution in [3.63, 3.8) is 0 Å². The van der Waals surface area contributed by atoms with Crippen LogP contribution in [0.25, 0.3) is 0 Å². The highest BCUT2D eigenvalue weighted by atomic mass is 16.4. The average molecular weight is 394 g/mol. The summed E-state index contributed by atoms with van der Waals surface area (Å²) in [6.07, 6.45) is 2.14. The number of aliphatic carboxylic acids is 1. The second kappa shape index (κ2) is 9.37. The first-order chi connectivity index (χ1) is 13.9. The SMILES string of the molecule is CC(NC(=O)C1Cc2ccccc2C1)C(=O)NC(CCc1ccccc1)C(=O)O. The van der Waals surface area contributed by atoms with Gasteiger partial charge in [-0.1, -0.05) is 54.6 Å². The topological polar surface area (TPSA) is 95.5 Å². The molecule has 3 rings (SSSR count). The Kier molecular flexibility index (Phi) is 6.65. The first-order valence-corrected chi connectivity index (χ1v) is 9.88. The highest BCUT2D eigenvalue weighted by Crippen LogP contribution is 2.26. The number of aryl methyl sites for hydroxylation is 1. The highest BCUT2D eigenvalue weighted by molar-refractivity contribution is 5.91. The van der Waals surface area contributed by atoms with Crippen LogP contribution in [0, 0.1) is 5.92 Å². The van der Waals surface area contributed by atoms with Gasteiger partial charge in [0.2, 0.25) is 11.8 Å². The molecule has 152 valence electrons. The van der Waals surface area contributed by atoms with Gasteiger partial charge in [-0.05, 0) is 49.3 Å². The Morgan fingerprint density at radius 2 is 1.55 bits per heavy atom. The molecule has 2 aromatic rings. The maximum atomic E-state index is 12.6. The largest absolute Gasteiger partial charge is 0.480 e. The third-order valence-corrected chi connectivity index (χ3v) is 5.35. The number of benzene rings is 2. The highest BCUT2D eigenvalue weighted by Gasteiger charge is 2.30. The van der Waals surface area contributed by atoms with Crippen LogP contribution in [0.5, 0.6) is 0 Å². The Morgan fingerprint density at radius 3 is 2.14 bits per heavy atom. The number of rotatable bonds is 8. The van der Waals surface area contributed by atoms with Gasteiger partial charge in [-0.25, -0.2) is 4.79 Å². The van der Waals surface area contributed by atoms with Gasteiger partial charge in [-0.2, -0.15) is 0 Å². The smallest absolute Gasteiger partial charge is 0.326 e.